The second kappa shape index (κ2) is 7.97. The molecule has 7 nitrogen and oxygen atoms in total. The summed E-state index contributed by atoms with van der Waals surface area (Å²) in [5.74, 6) is -0.0556. The van der Waals surface area contributed by atoms with Crippen LogP contribution in [-0.4, -0.2) is 53.3 Å². The maximum atomic E-state index is 13.0. The van der Waals surface area contributed by atoms with Gasteiger partial charge in [-0.1, -0.05) is 0 Å². The highest BCUT2D eigenvalue weighted by molar-refractivity contribution is 5.66. The van der Waals surface area contributed by atoms with Crippen molar-refractivity contribution in [2.75, 3.05) is 23.8 Å². The number of halogens is 4. The van der Waals surface area contributed by atoms with Crippen LogP contribution in [0.5, 0.6) is 5.75 Å². The third-order valence-electron chi connectivity index (χ3n) is 4.97. The second-order valence-corrected chi connectivity index (χ2v) is 6.95. The van der Waals surface area contributed by atoms with Crippen molar-refractivity contribution in [3.05, 3.63) is 24.2 Å². The van der Waals surface area contributed by atoms with Crippen molar-refractivity contribution in [3.63, 3.8) is 0 Å². The molecule has 2 bridgehead atoms. The quantitative estimate of drug-likeness (QED) is 0.729. The van der Waals surface area contributed by atoms with E-state index < -0.39 is 19.5 Å². The predicted molar refractivity (Wildman–Crippen MR) is 96.1 cm³/mol. The molecular formula is C18H19F4N5O2. The Morgan fingerprint density at radius 3 is 2.66 bits per heavy atom. The first kappa shape index (κ1) is 19.6. The van der Waals surface area contributed by atoms with Crippen LogP contribution in [0, 0.1) is 0 Å². The summed E-state index contributed by atoms with van der Waals surface area (Å²) in [6.07, 6.45) is 0.0190. The third kappa shape index (κ3) is 4.34. The normalized spacial score (nSPS) is 21.2. The lowest BCUT2D eigenvalue weighted by Gasteiger charge is -2.45. The Morgan fingerprint density at radius 1 is 1.21 bits per heavy atom. The van der Waals surface area contributed by atoms with Crippen LogP contribution < -0.4 is 15.4 Å². The molecule has 0 amide bonds. The van der Waals surface area contributed by atoms with Gasteiger partial charge in [0.15, 0.2) is 11.6 Å². The number of nitrogens with zero attached hydrogens (tertiary/aromatic N) is 4. The fourth-order valence-electron chi connectivity index (χ4n) is 3.62. The Labute approximate surface area is 163 Å². The van der Waals surface area contributed by atoms with Gasteiger partial charge in [0.05, 0.1) is 30.9 Å². The molecule has 156 valence electrons. The lowest BCUT2D eigenvalue weighted by molar-refractivity contribution is -0.0494. The second-order valence-electron chi connectivity index (χ2n) is 6.95. The predicted octanol–water partition coefficient (Wildman–Crippen LogP) is 2.90. The SMILES string of the molecule is Nc1ncc(-c2cc(N3C[C@@H]4CC[C@H]3CO4)nc(CC(F)F)n2)cc1OC(F)F. The summed E-state index contributed by atoms with van der Waals surface area (Å²) in [7, 11) is 0. The molecule has 0 radical (unpaired) electrons. The number of aromatic nitrogens is 3. The van der Waals surface area contributed by atoms with Crippen molar-refractivity contribution in [1.82, 2.24) is 15.0 Å². The van der Waals surface area contributed by atoms with Crippen LogP contribution in [-0.2, 0) is 11.2 Å². The van der Waals surface area contributed by atoms with Crippen molar-refractivity contribution >= 4 is 11.6 Å². The number of hydrogen-bond acceptors (Lipinski definition) is 7. The lowest BCUT2D eigenvalue weighted by atomic mass is 9.97. The Bertz CT molecular complexity index is 877. The van der Waals surface area contributed by atoms with Crippen molar-refractivity contribution in [2.24, 2.45) is 0 Å². The van der Waals surface area contributed by atoms with Crippen molar-refractivity contribution in [2.45, 2.75) is 44.4 Å². The molecule has 2 N–H and O–H groups in total. The molecule has 2 aromatic rings. The largest absolute Gasteiger partial charge is 0.431 e. The number of alkyl halides is 4. The van der Waals surface area contributed by atoms with Crippen LogP contribution in [0.4, 0.5) is 29.2 Å². The summed E-state index contributed by atoms with van der Waals surface area (Å²) in [6, 6.07) is 3.00. The van der Waals surface area contributed by atoms with E-state index in [0.717, 1.165) is 12.8 Å². The fourth-order valence-corrected chi connectivity index (χ4v) is 3.62. The van der Waals surface area contributed by atoms with E-state index in [-0.39, 0.29) is 35.2 Å². The number of anilines is 2. The minimum atomic E-state index is -3.08. The van der Waals surface area contributed by atoms with E-state index in [1.165, 1.54) is 12.3 Å². The number of morpholine rings is 1. The number of ether oxygens (including phenoxy) is 2. The van der Waals surface area contributed by atoms with Gasteiger partial charge in [0.1, 0.15) is 11.6 Å². The highest BCUT2D eigenvalue weighted by atomic mass is 19.3. The van der Waals surface area contributed by atoms with Crippen LogP contribution in [0.2, 0.25) is 0 Å². The highest BCUT2D eigenvalue weighted by Gasteiger charge is 2.35. The smallest absolute Gasteiger partial charge is 0.387 e. The Hall–Kier alpha value is -2.69. The first-order valence-electron chi connectivity index (χ1n) is 9.14. The number of hydrogen-bond donors (Lipinski definition) is 1. The Kier molecular flexibility index (Phi) is 5.39. The van der Waals surface area contributed by atoms with E-state index in [1.807, 2.05) is 4.90 Å². The van der Waals surface area contributed by atoms with Crippen molar-refractivity contribution in [3.8, 4) is 17.0 Å². The molecule has 5 rings (SSSR count). The first-order chi connectivity index (χ1) is 13.9. The van der Waals surface area contributed by atoms with Gasteiger partial charge < -0.3 is 20.1 Å². The molecule has 3 fully saturated rings. The molecule has 29 heavy (non-hydrogen) atoms. The van der Waals surface area contributed by atoms with E-state index in [1.54, 1.807) is 6.07 Å². The standard InChI is InChI=1S/C18H19F4N5O2/c19-14(20)5-15-25-12(9-3-13(29-18(21)22)17(23)24-6-9)4-16(26-15)27-7-11-2-1-10(27)8-28-11/h3-4,6,10-11,14,18H,1-2,5,7-8H2,(H2,23,24)/t10-,11-/m0/s1. The van der Waals surface area contributed by atoms with Gasteiger partial charge in [-0.15, -0.1) is 0 Å². The minimum Gasteiger partial charge on any atom is -0.431 e. The van der Waals surface area contributed by atoms with Crippen LogP contribution in [0.1, 0.15) is 18.7 Å². The first-order valence-corrected chi connectivity index (χ1v) is 9.14. The van der Waals surface area contributed by atoms with Gasteiger partial charge in [0, 0.05) is 24.4 Å². The van der Waals surface area contributed by atoms with E-state index in [0.29, 0.717) is 24.5 Å². The monoisotopic (exact) mass is 413 g/mol. The van der Waals surface area contributed by atoms with Gasteiger partial charge in [-0.25, -0.2) is 23.7 Å². The van der Waals surface area contributed by atoms with Crippen molar-refractivity contribution in [1.29, 1.82) is 0 Å². The number of nitrogens with two attached hydrogens (primary N) is 1. The van der Waals surface area contributed by atoms with Gasteiger partial charge >= 0.3 is 6.61 Å². The molecule has 3 aliphatic heterocycles. The molecule has 0 saturated carbocycles. The summed E-state index contributed by atoms with van der Waals surface area (Å²) in [5, 5.41) is 0. The third-order valence-corrected chi connectivity index (χ3v) is 4.97. The molecule has 11 heteroatoms. The van der Waals surface area contributed by atoms with E-state index in [2.05, 4.69) is 19.7 Å². The molecular weight excluding hydrogens is 394 g/mol. The number of fused-ring (bicyclic) bond motifs is 3. The van der Waals surface area contributed by atoms with Gasteiger partial charge in [0.2, 0.25) is 6.43 Å². The van der Waals surface area contributed by atoms with Crippen LogP contribution >= 0.6 is 0 Å². The fraction of sp³-hybridized carbons (Fsp3) is 0.500. The van der Waals surface area contributed by atoms with Gasteiger partial charge in [-0.3, -0.25) is 0 Å². The number of rotatable bonds is 6. The topological polar surface area (TPSA) is 86.4 Å². The molecule has 0 spiro atoms. The summed E-state index contributed by atoms with van der Waals surface area (Å²) in [5.41, 5.74) is 6.17. The number of nitrogen functional groups attached to an aromatic ring is 1. The molecule has 0 unspecified atom stereocenters. The number of piperidine rings is 1. The molecule has 5 heterocycles. The van der Waals surface area contributed by atoms with E-state index in [4.69, 9.17) is 10.5 Å². The van der Waals surface area contributed by atoms with Gasteiger partial charge in [0.25, 0.3) is 0 Å². The summed E-state index contributed by atoms with van der Waals surface area (Å²) >= 11 is 0. The van der Waals surface area contributed by atoms with Gasteiger partial charge in [-0.05, 0) is 18.9 Å². The zero-order valence-corrected chi connectivity index (χ0v) is 15.3. The highest BCUT2D eigenvalue weighted by Crippen LogP contribution is 2.33. The molecule has 0 aliphatic carbocycles. The zero-order valence-electron chi connectivity index (χ0n) is 15.3. The maximum Gasteiger partial charge on any atom is 0.387 e. The Balaban J connectivity index is 1.73. The van der Waals surface area contributed by atoms with Crippen molar-refractivity contribution < 1.29 is 27.0 Å². The molecule has 2 atom stereocenters. The van der Waals surface area contributed by atoms with Crippen LogP contribution in [0.3, 0.4) is 0 Å². The van der Waals surface area contributed by atoms with Gasteiger partial charge in [-0.2, -0.15) is 8.78 Å². The zero-order chi connectivity index (χ0) is 20.5. The average Bonchev–Trinajstić information content (AvgIpc) is 2.69. The van der Waals surface area contributed by atoms with Crippen LogP contribution in [0.25, 0.3) is 11.3 Å². The molecule has 0 aromatic carbocycles. The minimum absolute atomic E-state index is 0.0389. The Morgan fingerprint density at radius 2 is 2.03 bits per heavy atom. The van der Waals surface area contributed by atoms with E-state index in [9.17, 15) is 17.6 Å². The molecule has 3 aliphatic rings. The number of pyridine rings is 1. The van der Waals surface area contributed by atoms with Crippen LogP contribution in [0.15, 0.2) is 18.3 Å². The van der Waals surface area contributed by atoms with E-state index >= 15 is 0 Å². The molecule has 3 saturated heterocycles. The maximum absolute atomic E-state index is 13.0. The lowest BCUT2D eigenvalue weighted by Crippen LogP contribution is -2.55. The molecule has 2 aromatic heterocycles. The summed E-state index contributed by atoms with van der Waals surface area (Å²) < 4.78 is 61.3. The summed E-state index contributed by atoms with van der Waals surface area (Å²) in [4.78, 5) is 14.4. The summed E-state index contributed by atoms with van der Waals surface area (Å²) in [6.45, 7) is -1.92. The average molecular weight is 413 g/mol.